The normalized spacial score (nSPS) is 47.2. The number of hydrogen-bond acceptors (Lipinski definition) is 2. The van der Waals surface area contributed by atoms with E-state index in [1.807, 2.05) is 0 Å². The Balaban J connectivity index is 1.89. The fraction of sp³-hybridized carbons (Fsp3) is 0.833. The van der Waals surface area contributed by atoms with E-state index in [9.17, 15) is 9.59 Å². The lowest BCUT2D eigenvalue weighted by Gasteiger charge is -2.55. The highest BCUT2D eigenvalue weighted by atomic mass is 16.4. The maximum Gasteiger partial charge on any atom is 0.303 e. The van der Waals surface area contributed by atoms with Gasteiger partial charge in [0.2, 0.25) is 0 Å². The molecule has 4 saturated carbocycles. The van der Waals surface area contributed by atoms with Crippen LogP contribution in [0.15, 0.2) is 0 Å². The second-order valence-electron chi connectivity index (χ2n) is 5.82. The average molecular weight is 208 g/mol. The molecule has 0 amide bonds. The van der Waals surface area contributed by atoms with E-state index < -0.39 is 5.97 Å². The molecule has 0 aromatic heterocycles. The molecule has 82 valence electrons. The Bertz CT molecular complexity index is 316. The molecule has 3 nitrogen and oxygen atoms in total. The lowest BCUT2D eigenvalue weighted by atomic mass is 9.48. The molecular formula is C12H16O3. The highest BCUT2D eigenvalue weighted by Crippen LogP contribution is 2.59. The summed E-state index contributed by atoms with van der Waals surface area (Å²) in [5.41, 5.74) is -0.0176. The van der Waals surface area contributed by atoms with Gasteiger partial charge in [-0.3, -0.25) is 9.59 Å². The van der Waals surface area contributed by atoms with Gasteiger partial charge in [-0.25, -0.2) is 0 Å². The van der Waals surface area contributed by atoms with E-state index in [2.05, 4.69) is 0 Å². The summed E-state index contributed by atoms with van der Waals surface area (Å²) in [4.78, 5) is 22.7. The summed E-state index contributed by atoms with van der Waals surface area (Å²) in [7, 11) is 0. The molecule has 4 rings (SSSR count). The third-order valence-corrected chi connectivity index (χ3v) is 4.65. The summed E-state index contributed by atoms with van der Waals surface area (Å²) in [6.07, 6.45) is 5.12. The van der Waals surface area contributed by atoms with Gasteiger partial charge in [0.15, 0.2) is 0 Å². The molecular weight excluding hydrogens is 192 g/mol. The number of ketones is 1. The third-order valence-electron chi connectivity index (χ3n) is 4.65. The largest absolute Gasteiger partial charge is 0.481 e. The molecule has 3 heteroatoms. The Morgan fingerprint density at radius 2 is 1.87 bits per heavy atom. The zero-order valence-electron chi connectivity index (χ0n) is 8.74. The Morgan fingerprint density at radius 3 is 2.40 bits per heavy atom. The minimum Gasteiger partial charge on any atom is -0.481 e. The fourth-order valence-electron chi connectivity index (χ4n) is 4.45. The molecule has 2 atom stereocenters. The van der Waals surface area contributed by atoms with Gasteiger partial charge in [-0.15, -0.1) is 0 Å². The van der Waals surface area contributed by atoms with Gasteiger partial charge in [0.05, 0.1) is 6.42 Å². The van der Waals surface area contributed by atoms with E-state index in [-0.39, 0.29) is 23.7 Å². The lowest BCUT2D eigenvalue weighted by molar-refractivity contribution is -0.156. The van der Waals surface area contributed by atoms with Crippen molar-refractivity contribution in [2.45, 2.75) is 38.5 Å². The molecule has 4 fully saturated rings. The van der Waals surface area contributed by atoms with Gasteiger partial charge < -0.3 is 5.11 Å². The first-order valence-corrected chi connectivity index (χ1v) is 5.83. The number of rotatable bonds is 2. The van der Waals surface area contributed by atoms with Crippen molar-refractivity contribution in [1.82, 2.24) is 0 Å². The Kier molecular flexibility index (Phi) is 1.77. The van der Waals surface area contributed by atoms with Crippen molar-refractivity contribution in [1.29, 1.82) is 0 Å². The maximum absolute atomic E-state index is 11.9. The van der Waals surface area contributed by atoms with E-state index in [4.69, 9.17) is 5.11 Å². The molecule has 1 N–H and O–H groups in total. The molecule has 0 aromatic carbocycles. The summed E-state index contributed by atoms with van der Waals surface area (Å²) in [5.74, 6) is 0.794. The van der Waals surface area contributed by atoms with Crippen LogP contribution >= 0.6 is 0 Å². The van der Waals surface area contributed by atoms with Crippen LogP contribution in [0.1, 0.15) is 38.5 Å². The van der Waals surface area contributed by atoms with Crippen molar-refractivity contribution in [2.75, 3.05) is 0 Å². The Labute approximate surface area is 88.9 Å². The number of carboxylic acids is 1. The summed E-state index contributed by atoms with van der Waals surface area (Å²) < 4.78 is 0. The SMILES string of the molecule is O=C(O)CC12CC3CC(C1)C(=O)C(C3)C2. The summed E-state index contributed by atoms with van der Waals surface area (Å²) in [5, 5.41) is 8.95. The third kappa shape index (κ3) is 1.32. The van der Waals surface area contributed by atoms with Crippen molar-refractivity contribution in [3.05, 3.63) is 0 Å². The zero-order chi connectivity index (χ0) is 10.6. The van der Waals surface area contributed by atoms with Gasteiger partial charge in [0.1, 0.15) is 5.78 Å². The Morgan fingerprint density at radius 1 is 1.27 bits per heavy atom. The topological polar surface area (TPSA) is 54.4 Å². The molecule has 2 unspecified atom stereocenters. The number of hydrogen-bond donors (Lipinski definition) is 1. The van der Waals surface area contributed by atoms with Gasteiger partial charge in [0.25, 0.3) is 0 Å². The van der Waals surface area contributed by atoms with E-state index in [1.165, 1.54) is 0 Å². The second kappa shape index (κ2) is 2.83. The molecule has 0 aromatic rings. The highest BCUT2D eigenvalue weighted by molar-refractivity contribution is 5.86. The number of carboxylic acid groups (broad SMARTS) is 1. The van der Waals surface area contributed by atoms with Crippen LogP contribution in [0.5, 0.6) is 0 Å². The predicted octanol–water partition coefficient (Wildman–Crippen LogP) is 1.86. The van der Waals surface area contributed by atoms with Crippen molar-refractivity contribution in [3.63, 3.8) is 0 Å². The molecule has 0 heterocycles. The molecule has 0 radical (unpaired) electrons. The van der Waals surface area contributed by atoms with Gasteiger partial charge in [-0.1, -0.05) is 0 Å². The first-order chi connectivity index (χ1) is 7.08. The van der Waals surface area contributed by atoms with Crippen LogP contribution in [0, 0.1) is 23.2 Å². The van der Waals surface area contributed by atoms with Gasteiger partial charge in [0, 0.05) is 11.8 Å². The van der Waals surface area contributed by atoms with Crippen molar-refractivity contribution in [3.8, 4) is 0 Å². The first-order valence-electron chi connectivity index (χ1n) is 5.83. The van der Waals surface area contributed by atoms with Crippen LogP contribution < -0.4 is 0 Å². The van der Waals surface area contributed by atoms with E-state index in [1.54, 1.807) is 0 Å². The fourth-order valence-corrected chi connectivity index (χ4v) is 4.45. The predicted molar refractivity (Wildman–Crippen MR) is 53.2 cm³/mol. The van der Waals surface area contributed by atoms with E-state index >= 15 is 0 Å². The van der Waals surface area contributed by atoms with Crippen LogP contribution in [-0.4, -0.2) is 16.9 Å². The monoisotopic (exact) mass is 208 g/mol. The second-order valence-corrected chi connectivity index (χ2v) is 5.82. The number of carbonyl (C=O) groups excluding carboxylic acids is 1. The number of carbonyl (C=O) groups is 2. The van der Waals surface area contributed by atoms with Crippen LogP contribution in [0.2, 0.25) is 0 Å². The van der Waals surface area contributed by atoms with Gasteiger partial charge in [-0.05, 0) is 43.4 Å². The molecule has 4 bridgehead atoms. The summed E-state index contributed by atoms with van der Waals surface area (Å²) in [6, 6.07) is 0. The standard InChI is InChI=1S/C12H16O3/c13-10(14)6-12-3-7-1-8(4-12)11(15)9(2-7)5-12/h7-9H,1-6H2,(H,13,14). The van der Waals surface area contributed by atoms with Crippen LogP contribution in [0.25, 0.3) is 0 Å². The van der Waals surface area contributed by atoms with Crippen molar-refractivity contribution >= 4 is 11.8 Å². The quantitative estimate of drug-likeness (QED) is 0.753. The molecule has 0 spiro atoms. The molecule has 4 aliphatic rings. The first kappa shape index (κ1) is 9.37. The maximum atomic E-state index is 11.9. The molecule has 0 saturated heterocycles. The molecule has 0 aliphatic heterocycles. The Hall–Kier alpha value is -0.860. The number of aliphatic carboxylic acids is 1. The van der Waals surface area contributed by atoms with Crippen molar-refractivity contribution < 1.29 is 14.7 Å². The molecule has 4 aliphatic carbocycles. The zero-order valence-corrected chi connectivity index (χ0v) is 8.74. The van der Waals surface area contributed by atoms with Gasteiger partial charge in [-0.2, -0.15) is 0 Å². The minimum atomic E-state index is -0.690. The van der Waals surface area contributed by atoms with E-state index in [0.29, 0.717) is 11.7 Å². The minimum absolute atomic E-state index is 0.0176. The average Bonchev–Trinajstić information content (AvgIpc) is 2.10. The lowest BCUT2D eigenvalue weighted by Crippen LogP contribution is -2.51. The van der Waals surface area contributed by atoms with Gasteiger partial charge >= 0.3 is 5.97 Å². The molecule has 15 heavy (non-hydrogen) atoms. The van der Waals surface area contributed by atoms with E-state index in [0.717, 1.165) is 32.1 Å². The van der Waals surface area contributed by atoms with Crippen LogP contribution in [0.4, 0.5) is 0 Å². The van der Waals surface area contributed by atoms with Crippen LogP contribution in [0.3, 0.4) is 0 Å². The highest BCUT2D eigenvalue weighted by Gasteiger charge is 2.55. The summed E-state index contributed by atoms with van der Waals surface area (Å²) >= 11 is 0. The van der Waals surface area contributed by atoms with Crippen LogP contribution in [-0.2, 0) is 9.59 Å². The summed E-state index contributed by atoms with van der Waals surface area (Å²) in [6.45, 7) is 0. The smallest absolute Gasteiger partial charge is 0.303 e. The van der Waals surface area contributed by atoms with Crippen molar-refractivity contribution in [2.24, 2.45) is 23.2 Å². The number of Topliss-reactive ketones (excluding diaryl/α,β-unsaturated/α-hetero) is 1.